The summed E-state index contributed by atoms with van der Waals surface area (Å²) >= 11 is 0. The van der Waals surface area contributed by atoms with Gasteiger partial charge in [0.2, 0.25) is 5.91 Å². The van der Waals surface area contributed by atoms with E-state index in [1.54, 1.807) is 42.5 Å². The second kappa shape index (κ2) is 9.78. The van der Waals surface area contributed by atoms with E-state index in [0.717, 1.165) is 19.3 Å². The average Bonchev–Trinajstić information content (AvgIpc) is 3.61. The Kier molecular flexibility index (Phi) is 6.90. The molecule has 0 aromatic heterocycles. The molecule has 0 heterocycles. The van der Waals surface area contributed by atoms with Crippen LogP contribution in [0.3, 0.4) is 0 Å². The van der Waals surface area contributed by atoms with Gasteiger partial charge in [0.05, 0.1) is 13.7 Å². The molecule has 0 bridgehead atoms. The van der Waals surface area contributed by atoms with E-state index in [4.69, 9.17) is 9.47 Å². The fourth-order valence-corrected chi connectivity index (χ4v) is 2.69. The zero-order chi connectivity index (χ0) is 21.5. The van der Waals surface area contributed by atoms with Gasteiger partial charge in [0.25, 0.3) is 11.8 Å². The molecule has 3 N–H and O–H groups in total. The van der Waals surface area contributed by atoms with Crippen LogP contribution < -0.4 is 25.6 Å². The number of anilines is 1. The third-order valence-electron chi connectivity index (χ3n) is 4.54. The lowest BCUT2D eigenvalue weighted by molar-refractivity contribution is -0.117. The summed E-state index contributed by atoms with van der Waals surface area (Å²) in [5.74, 6) is 0.130. The molecule has 8 heteroatoms. The van der Waals surface area contributed by atoms with Gasteiger partial charge >= 0.3 is 0 Å². The maximum Gasteiger partial charge on any atom is 0.269 e. The van der Waals surface area contributed by atoms with Gasteiger partial charge in [-0.05, 0) is 61.7 Å². The highest BCUT2D eigenvalue weighted by atomic mass is 16.5. The molecule has 0 unspecified atom stereocenters. The first-order chi connectivity index (χ1) is 14.5. The molecule has 2 aromatic carbocycles. The molecule has 0 saturated heterocycles. The Labute approximate surface area is 174 Å². The maximum atomic E-state index is 12.3. The molecule has 1 fully saturated rings. The lowest BCUT2D eigenvalue weighted by Crippen LogP contribution is -2.41. The predicted octanol–water partition coefficient (Wildman–Crippen LogP) is 2.91. The number of hydrazine groups is 1. The molecular formula is C22H25N3O5. The molecule has 0 aliphatic heterocycles. The van der Waals surface area contributed by atoms with Gasteiger partial charge in [-0.1, -0.05) is 6.92 Å². The van der Waals surface area contributed by atoms with Crippen LogP contribution in [0.25, 0.3) is 0 Å². The van der Waals surface area contributed by atoms with Gasteiger partial charge < -0.3 is 14.8 Å². The molecule has 1 aliphatic carbocycles. The summed E-state index contributed by atoms with van der Waals surface area (Å²) in [5, 5.41) is 2.81. The van der Waals surface area contributed by atoms with E-state index in [2.05, 4.69) is 16.2 Å². The first kappa shape index (κ1) is 21.2. The smallest absolute Gasteiger partial charge is 0.269 e. The number of benzene rings is 2. The van der Waals surface area contributed by atoms with Crippen LogP contribution in [0.1, 0.15) is 46.9 Å². The number of nitrogens with one attached hydrogen (secondary N) is 3. The Morgan fingerprint density at radius 2 is 1.57 bits per heavy atom. The topological polar surface area (TPSA) is 106 Å². The second-order valence-corrected chi connectivity index (χ2v) is 6.96. The number of ether oxygens (including phenoxy) is 2. The molecule has 158 valence electrons. The van der Waals surface area contributed by atoms with Crippen molar-refractivity contribution in [2.75, 3.05) is 19.0 Å². The fourth-order valence-electron chi connectivity index (χ4n) is 2.69. The number of hydrogen-bond acceptors (Lipinski definition) is 5. The summed E-state index contributed by atoms with van der Waals surface area (Å²) in [6.45, 7) is 2.54. The summed E-state index contributed by atoms with van der Waals surface area (Å²) in [7, 11) is 1.49. The average molecular weight is 411 g/mol. The lowest BCUT2D eigenvalue weighted by Gasteiger charge is -2.12. The lowest BCUT2D eigenvalue weighted by atomic mass is 10.2. The second-order valence-electron chi connectivity index (χ2n) is 6.96. The van der Waals surface area contributed by atoms with E-state index in [0.29, 0.717) is 34.9 Å². The third-order valence-corrected chi connectivity index (χ3v) is 4.54. The van der Waals surface area contributed by atoms with Gasteiger partial charge in [0.1, 0.15) is 0 Å². The number of amides is 3. The zero-order valence-electron chi connectivity index (χ0n) is 17.0. The van der Waals surface area contributed by atoms with Crippen LogP contribution in [-0.2, 0) is 4.79 Å². The van der Waals surface area contributed by atoms with Gasteiger partial charge in [0.15, 0.2) is 11.5 Å². The standard InChI is InChI=1S/C22H25N3O5/c1-3-12-30-18-11-8-16(13-19(18)29-2)22(28)25-24-21(27)15-6-9-17(10-7-15)23-20(26)14-4-5-14/h6-11,13-14H,3-5,12H2,1-2H3,(H,23,26)(H,24,27)(H,25,28). The van der Waals surface area contributed by atoms with Crippen molar-refractivity contribution >= 4 is 23.4 Å². The monoisotopic (exact) mass is 411 g/mol. The van der Waals surface area contributed by atoms with Crippen molar-refractivity contribution in [3.63, 3.8) is 0 Å². The summed E-state index contributed by atoms with van der Waals surface area (Å²) in [4.78, 5) is 36.4. The largest absolute Gasteiger partial charge is 0.493 e. The van der Waals surface area contributed by atoms with Gasteiger partial charge in [-0.3, -0.25) is 25.2 Å². The number of carbonyl (C=O) groups is 3. The minimum Gasteiger partial charge on any atom is -0.493 e. The molecule has 8 nitrogen and oxygen atoms in total. The van der Waals surface area contributed by atoms with Crippen molar-refractivity contribution < 1.29 is 23.9 Å². The van der Waals surface area contributed by atoms with Gasteiger partial charge in [-0.2, -0.15) is 0 Å². The normalized spacial score (nSPS) is 12.6. The summed E-state index contributed by atoms with van der Waals surface area (Å²) in [5.41, 5.74) is 6.04. The third kappa shape index (κ3) is 5.50. The first-order valence-corrected chi connectivity index (χ1v) is 9.84. The number of carbonyl (C=O) groups excluding carboxylic acids is 3. The van der Waals surface area contributed by atoms with E-state index >= 15 is 0 Å². The highest BCUT2D eigenvalue weighted by Crippen LogP contribution is 2.30. The number of hydrogen-bond donors (Lipinski definition) is 3. The summed E-state index contributed by atoms with van der Waals surface area (Å²) < 4.78 is 10.8. The van der Waals surface area contributed by atoms with Gasteiger partial charge in [-0.25, -0.2) is 0 Å². The fraction of sp³-hybridized carbons (Fsp3) is 0.318. The molecule has 3 rings (SSSR count). The Hall–Kier alpha value is -3.55. The summed E-state index contributed by atoms with van der Waals surface area (Å²) in [6.07, 6.45) is 2.70. The molecule has 2 aromatic rings. The molecule has 0 atom stereocenters. The minimum atomic E-state index is -0.489. The molecular weight excluding hydrogens is 386 g/mol. The van der Waals surface area contributed by atoms with Crippen LogP contribution >= 0.6 is 0 Å². The quantitative estimate of drug-likeness (QED) is 0.579. The Bertz CT molecular complexity index is 923. The van der Waals surface area contributed by atoms with E-state index in [1.807, 2.05) is 6.92 Å². The van der Waals surface area contributed by atoms with Crippen molar-refractivity contribution in [3.05, 3.63) is 53.6 Å². The highest BCUT2D eigenvalue weighted by molar-refractivity contribution is 6.00. The molecule has 3 amide bonds. The Morgan fingerprint density at radius 3 is 2.17 bits per heavy atom. The predicted molar refractivity (Wildman–Crippen MR) is 112 cm³/mol. The van der Waals surface area contributed by atoms with E-state index in [9.17, 15) is 14.4 Å². The van der Waals surface area contributed by atoms with E-state index in [1.165, 1.54) is 7.11 Å². The molecule has 0 spiro atoms. The van der Waals surface area contributed by atoms with Crippen molar-refractivity contribution in [1.82, 2.24) is 10.9 Å². The highest BCUT2D eigenvalue weighted by Gasteiger charge is 2.29. The van der Waals surface area contributed by atoms with Crippen molar-refractivity contribution in [2.24, 2.45) is 5.92 Å². The van der Waals surface area contributed by atoms with Crippen LogP contribution in [0.4, 0.5) is 5.69 Å². The van der Waals surface area contributed by atoms with Crippen molar-refractivity contribution in [2.45, 2.75) is 26.2 Å². The van der Waals surface area contributed by atoms with Crippen molar-refractivity contribution in [3.8, 4) is 11.5 Å². The van der Waals surface area contributed by atoms with Gasteiger partial charge in [-0.15, -0.1) is 0 Å². The molecule has 30 heavy (non-hydrogen) atoms. The zero-order valence-corrected chi connectivity index (χ0v) is 17.0. The van der Waals surface area contributed by atoms with Crippen molar-refractivity contribution in [1.29, 1.82) is 0 Å². The first-order valence-electron chi connectivity index (χ1n) is 9.84. The molecule has 1 saturated carbocycles. The van der Waals surface area contributed by atoms with Gasteiger partial charge in [0, 0.05) is 22.7 Å². The Balaban J connectivity index is 1.54. The maximum absolute atomic E-state index is 12.3. The van der Waals surface area contributed by atoms with Crippen LogP contribution in [0, 0.1) is 5.92 Å². The Morgan fingerprint density at radius 1 is 0.933 bits per heavy atom. The van der Waals surface area contributed by atoms with E-state index < -0.39 is 11.8 Å². The van der Waals surface area contributed by atoms with Crippen LogP contribution in [0.5, 0.6) is 11.5 Å². The number of rotatable bonds is 8. The minimum absolute atomic E-state index is 0.000931. The summed E-state index contributed by atoms with van der Waals surface area (Å²) in [6, 6.07) is 11.2. The number of methoxy groups -OCH3 is 1. The SMILES string of the molecule is CCCOc1ccc(C(=O)NNC(=O)c2ccc(NC(=O)C3CC3)cc2)cc1OC. The van der Waals surface area contributed by atoms with Crippen LogP contribution in [0.2, 0.25) is 0 Å². The molecule has 0 radical (unpaired) electrons. The van der Waals surface area contributed by atoms with E-state index in [-0.39, 0.29) is 11.8 Å². The van der Waals surface area contributed by atoms with Crippen LogP contribution in [-0.4, -0.2) is 31.4 Å². The van der Waals surface area contributed by atoms with Crippen LogP contribution in [0.15, 0.2) is 42.5 Å². The molecule has 1 aliphatic rings.